The molecule has 0 bridgehead atoms. The number of nitrogens with zero attached hydrogens (tertiary/aromatic N) is 2. The molecule has 2 heterocycles. The highest BCUT2D eigenvalue weighted by Gasteiger charge is 2.59. The number of hydrogen-bond acceptors (Lipinski definition) is 6. The van der Waals surface area contributed by atoms with Gasteiger partial charge >= 0.3 is 5.97 Å². The lowest BCUT2D eigenvalue weighted by Crippen LogP contribution is -2.59. The molecule has 0 aromatic heterocycles. The third-order valence-electron chi connectivity index (χ3n) is 6.13. The Balaban J connectivity index is 1.72. The van der Waals surface area contributed by atoms with Gasteiger partial charge in [0.15, 0.2) is 0 Å². The second-order valence-electron chi connectivity index (χ2n) is 8.37. The molecule has 2 aliphatic heterocycles. The fraction of sp³-hybridized carbons (Fsp3) is 0.185. The number of esters is 1. The van der Waals surface area contributed by atoms with Gasteiger partial charge in [-0.1, -0.05) is 70.5 Å². The van der Waals surface area contributed by atoms with Crippen LogP contribution in [0, 0.1) is 0 Å². The van der Waals surface area contributed by atoms with Crippen molar-refractivity contribution in [2.45, 2.75) is 30.0 Å². The Morgan fingerprint density at radius 2 is 1.78 bits per heavy atom. The zero-order valence-electron chi connectivity index (χ0n) is 19.4. The van der Waals surface area contributed by atoms with Crippen LogP contribution < -0.4 is 0 Å². The largest absolute Gasteiger partial charge is 0.464 e. The van der Waals surface area contributed by atoms with Crippen molar-refractivity contribution >= 4 is 50.1 Å². The van der Waals surface area contributed by atoms with Gasteiger partial charge in [0.1, 0.15) is 12.1 Å². The van der Waals surface area contributed by atoms with Gasteiger partial charge in [-0.2, -0.15) is 0 Å². The number of hydrogen-bond donors (Lipinski definition) is 0. The second-order valence-corrected chi connectivity index (χ2v) is 11.1. The molecule has 184 valence electrons. The van der Waals surface area contributed by atoms with Gasteiger partial charge in [-0.05, 0) is 48.4 Å². The molecule has 0 saturated heterocycles. The lowest BCUT2D eigenvalue weighted by molar-refractivity contribution is -0.153. The van der Waals surface area contributed by atoms with Crippen LogP contribution in [0.4, 0.5) is 0 Å². The summed E-state index contributed by atoms with van der Waals surface area (Å²) in [6, 6.07) is 22.0. The quantitative estimate of drug-likeness (QED) is 0.411. The summed E-state index contributed by atoms with van der Waals surface area (Å²) in [6.45, 7) is 1.82. The number of carbonyl (C=O) groups excluding carboxylic acids is 1. The number of rotatable bonds is 5. The first-order chi connectivity index (χ1) is 17.3. The molecule has 5 rings (SSSR count). The van der Waals surface area contributed by atoms with Crippen molar-refractivity contribution in [3.05, 3.63) is 100 Å². The second kappa shape index (κ2) is 9.55. The Morgan fingerprint density at radius 3 is 2.50 bits per heavy atom. The molecule has 0 unspecified atom stereocenters. The summed E-state index contributed by atoms with van der Waals surface area (Å²) in [5, 5.41) is 0. The number of carbonyl (C=O) groups is 1. The summed E-state index contributed by atoms with van der Waals surface area (Å²) >= 11 is 3.35. The van der Waals surface area contributed by atoms with E-state index in [2.05, 4.69) is 20.9 Å². The van der Waals surface area contributed by atoms with Gasteiger partial charge in [-0.15, -0.1) is 0 Å². The van der Waals surface area contributed by atoms with Crippen molar-refractivity contribution in [2.75, 3.05) is 6.61 Å². The number of sulfonamides is 1. The monoisotopic (exact) mass is 566 g/mol. The minimum absolute atomic E-state index is 0.0485. The van der Waals surface area contributed by atoms with Gasteiger partial charge in [0.25, 0.3) is 10.0 Å². The Bertz CT molecular complexity index is 1450. The van der Waals surface area contributed by atoms with Gasteiger partial charge in [-0.25, -0.2) is 17.5 Å². The third-order valence-corrected chi connectivity index (χ3v) is 8.45. The highest BCUT2D eigenvalue weighted by Crippen LogP contribution is 2.43. The SMILES string of the molecule is CCOC(=O)[C@@H]1N=CN(S(=O)(=O)c2ccc(Br)cc2)[C@]12Cc1ccccc1C=C(c1ccccc1)O2. The van der Waals surface area contributed by atoms with Crippen LogP contribution in [0.2, 0.25) is 0 Å². The molecule has 2 aliphatic rings. The number of halogens is 1. The summed E-state index contributed by atoms with van der Waals surface area (Å²) in [4.78, 5) is 17.6. The van der Waals surface area contributed by atoms with Crippen molar-refractivity contribution in [1.29, 1.82) is 0 Å². The molecule has 0 fully saturated rings. The van der Waals surface area contributed by atoms with Crippen molar-refractivity contribution in [1.82, 2.24) is 4.31 Å². The third kappa shape index (κ3) is 4.22. The Morgan fingerprint density at radius 1 is 1.08 bits per heavy atom. The topological polar surface area (TPSA) is 85.3 Å². The van der Waals surface area contributed by atoms with Gasteiger partial charge in [0.05, 0.1) is 11.5 Å². The van der Waals surface area contributed by atoms with Crippen LogP contribution in [0.3, 0.4) is 0 Å². The molecule has 0 amide bonds. The maximum Gasteiger partial charge on any atom is 0.337 e. The predicted octanol–water partition coefficient (Wildman–Crippen LogP) is 4.88. The Kier molecular flexibility index (Phi) is 6.44. The van der Waals surface area contributed by atoms with Crippen molar-refractivity contribution < 1.29 is 22.7 Å². The van der Waals surface area contributed by atoms with E-state index in [1.165, 1.54) is 18.5 Å². The first-order valence-electron chi connectivity index (χ1n) is 11.4. The van der Waals surface area contributed by atoms with Crippen LogP contribution in [-0.2, 0) is 30.7 Å². The molecule has 3 aromatic carbocycles. The van der Waals surface area contributed by atoms with E-state index in [1.54, 1.807) is 19.1 Å². The van der Waals surface area contributed by atoms with Crippen LogP contribution in [0.5, 0.6) is 0 Å². The lowest BCUT2D eigenvalue weighted by atomic mass is 9.94. The molecule has 2 atom stereocenters. The van der Waals surface area contributed by atoms with E-state index in [9.17, 15) is 13.2 Å². The summed E-state index contributed by atoms with van der Waals surface area (Å²) in [7, 11) is -4.17. The van der Waals surface area contributed by atoms with E-state index in [0.29, 0.717) is 5.76 Å². The molecule has 3 aromatic rings. The first kappa shape index (κ1) is 24.3. The maximum atomic E-state index is 14.0. The van der Waals surface area contributed by atoms with E-state index in [0.717, 1.165) is 25.5 Å². The van der Waals surface area contributed by atoms with Gasteiger partial charge < -0.3 is 9.47 Å². The Hall–Kier alpha value is -3.43. The number of fused-ring (bicyclic) bond motifs is 1. The normalized spacial score (nSPS) is 20.9. The van der Waals surface area contributed by atoms with Gasteiger partial charge in [0.2, 0.25) is 11.8 Å². The lowest BCUT2D eigenvalue weighted by Gasteiger charge is -2.40. The maximum absolute atomic E-state index is 14.0. The summed E-state index contributed by atoms with van der Waals surface area (Å²) in [6.07, 6.45) is 3.12. The van der Waals surface area contributed by atoms with Crippen molar-refractivity contribution in [3.8, 4) is 0 Å². The standard InChI is InChI=1S/C27H23BrN2O5S/c1-2-34-26(31)25-27(30(18-29-25)36(32,33)23-14-12-22(28)13-15-23)17-21-11-7-6-10-20(21)16-24(35-27)19-8-4-3-5-9-19/h3-16,18,25H,2,17H2,1H3/t25-,27-/m0/s1. The van der Waals surface area contributed by atoms with Crippen LogP contribution in [0.15, 0.2) is 93.2 Å². The van der Waals surface area contributed by atoms with E-state index in [-0.39, 0.29) is 17.9 Å². The molecule has 0 saturated carbocycles. The van der Waals surface area contributed by atoms with Crippen LogP contribution in [0.1, 0.15) is 23.6 Å². The molecule has 36 heavy (non-hydrogen) atoms. The number of benzene rings is 3. The summed E-state index contributed by atoms with van der Waals surface area (Å²) in [5.74, 6) is -0.231. The fourth-order valence-corrected chi connectivity index (χ4v) is 6.20. The molecular weight excluding hydrogens is 544 g/mol. The summed E-state index contributed by atoms with van der Waals surface area (Å²) in [5.41, 5.74) is 0.707. The minimum atomic E-state index is -4.17. The highest BCUT2D eigenvalue weighted by molar-refractivity contribution is 9.10. The summed E-state index contributed by atoms with van der Waals surface area (Å²) < 4.78 is 41.7. The van der Waals surface area contributed by atoms with Gasteiger partial charge in [0, 0.05) is 16.5 Å². The number of ether oxygens (including phenoxy) is 2. The zero-order chi connectivity index (χ0) is 25.3. The fourth-order valence-electron chi connectivity index (χ4n) is 4.44. The average molecular weight is 567 g/mol. The molecule has 0 aliphatic carbocycles. The van der Waals surface area contributed by atoms with E-state index in [4.69, 9.17) is 9.47 Å². The Labute approximate surface area is 218 Å². The first-order valence-corrected chi connectivity index (χ1v) is 13.6. The van der Waals surface area contributed by atoms with E-state index >= 15 is 0 Å². The smallest absolute Gasteiger partial charge is 0.337 e. The van der Waals surface area contributed by atoms with Gasteiger partial charge in [-0.3, -0.25) is 4.99 Å². The van der Waals surface area contributed by atoms with Crippen molar-refractivity contribution in [2.24, 2.45) is 4.99 Å². The zero-order valence-corrected chi connectivity index (χ0v) is 21.8. The van der Waals surface area contributed by atoms with E-state index < -0.39 is 27.8 Å². The predicted molar refractivity (Wildman–Crippen MR) is 140 cm³/mol. The molecule has 7 nitrogen and oxygen atoms in total. The van der Waals surface area contributed by atoms with Crippen LogP contribution in [-0.4, -0.2) is 43.4 Å². The van der Waals surface area contributed by atoms with E-state index in [1.807, 2.05) is 60.7 Å². The van der Waals surface area contributed by atoms with Crippen molar-refractivity contribution in [3.63, 3.8) is 0 Å². The highest BCUT2D eigenvalue weighted by atomic mass is 79.9. The van der Waals surface area contributed by atoms with Crippen LogP contribution in [0.25, 0.3) is 11.8 Å². The molecule has 0 radical (unpaired) electrons. The average Bonchev–Trinajstić information content (AvgIpc) is 3.15. The molecule has 1 spiro atoms. The number of aliphatic imine (C=N–C) groups is 1. The minimum Gasteiger partial charge on any atom is -0.464 e. The van der Waals surface area contributed by atoms with Crippen LogP contribution >= 0.6 is 15.9 Å². The molecule has 9 heteroatoms. The molecule has 0 N–H and O–H groups in total. The molecular formula is C27H23BrN2O5S.